The van der Waals surface area contributed by atoms with Gasteiger partial charge in [0.2, 0.25) is 5.91 Å². The van der Waals surface area contributed by atoms with E-state index in [1.807, 2.05) is 19.1 Å². The highest BCUT2D eigenvalue weighted by molar-refractivity contribution is 7.09. The average Bonchev–Trinajstić information content (AvgIpc) is 3.08. The second kappa shape index (κ2) is 6.69. The van der Waals surface area contributed by atoms with Crippen molar-refractivity contribution in [2.24, 2.45) is 5.92 Å². The zero-order valence-corrected chi connectivity index (χ0v) is 14.8. The van der Waals surface area contributed by atoms with E-state index in [0.717, 1.165) is 62.0 Å². The van der Waals surface area contributed by atoms with E-state index in [2.05, 4.69) is 20.2 Å². The number of amides is 1. The Bertz CT molecular complexity index is 697. The van der Waals surface area contributed by atoms with Crippen LogP contribution in [0.25, 0.3) is 0 Å². The van der Waals surface area contributed by atoms with Gasteiger partial charge in [-0.2, -0.15) is 0 Å². The first kappa shape index (κ1) is 15.8. The predicted molar refractivity (Wildman–Crippen MR) is 92.9 cm³/mol. The molecule has 1 saturated carbocycles. The van der Waals surface area contributed by atoms with Crippen LogP contribution in [0.5, 0.6) is 0 Å². The highest BCUT2D eigenvalue weighted by Crippen LogP contribution is 2.48. The largest absolute Gasteiger partial charge is 0.469 e. The molecule has 1 saturated heterocycles. The molecular weight excluding hydrogens is 322 g/mol. The summed E-state index contributed by atoms with van der Waals surface area (Å²) in [4.78, 5) is 21.8. The molecule has 4 rings (SSSR count). The molecule has 6 heteroatoms. The Labute approximate surface area is 146 Å². The fraction of sp³-hybridized carbons (Fsp3) is 0.556. The lowest BCUT2D eigenvalue weighted by Crippen LogP contribution is -2.36. The molecule has 1 amide bonds. The number of aromatic nitrogens is 1. The van der Waals surface area contributed by atoms with Gasteiger partial charge in [0.25, 0.3) is 0 Å². The van der Waals surface area contributed by atoms with Crippen molar-refractivity contribution >= 4 is 17.2 Å². The maximum Gasteiger partial charge on any atom is 0.226 e. The third-order valence-corrected chi connectivity index (χ3v) is 5.79. The van der Waals surface area contributed by atoms with Gasteiger partial charge in [-0.3, -0.25) is 9.69 Å². The molecule has 0 spiro atoms. The first-order valence-corrected chi connectivity index (χ1v) is 9.54. The van der Waals surface area contributed by atoms with E-state index < -0.39 is 0 Å². The lowest BCUT2D eigenvalue weighted by molar-refractivity contribution is -0.132. The lowest BCUT2D eigenvalue weighted by atomic mass is 10.2. The number of carbonyl (C=O) groups excluding carboxylic acids is 1. The normalized spacial score (nSPS) is 24.8. The van der Waals surface area contributed by atoms with Crippen LogP contribution < -0.4 is 0 Å². The molecule has 128 valence electrons. The van der Waals surface area contributed by atoms with Gasteiger partial charge in [-0.05, 0) is 31.9 Å². The summed E-state index contributed by atoms with van der Waals surface area (Å²) in [5.74, 6) is 1.69. The maximum atomic E-state index is 12.7. The van der Waals surface area contributed by atoms with Crippen LogP contribution in [0.1, 0.15) is 35.2 Å². The van der Waals surface area contributed by atoms with Crippen molar-refractivity contribution in [1.29, 1.82) is 0 Å². The molecule has 5 nitrogen and oxygen atoms in total. The van der Waals surface area contributed by atoms with Gasteiger partial charge in [0.15, 0.2) is 0 Å². The minimum Gasteiger partial charge on any atom is -0.469 e. The number of aryl methyl sites for hydroxylation is 1. The summed E-state index contributed by atoms with van der Waals surface area (Å²) in [6.07, 6.45) is 3.66. The number of nitrogens with zero attached hydrogens (tertiary/aromatic N) is 3. The molecule has 2 fully saturated rings. The zero-order valence-electron chi connectivity index (χ0n) is 14.0. The Kier molecular flexibility index (Phi) is 4.41. The van der Waals surface area contributed by atoms with Crippen LogP contribution >= 0.6 is 11.3 Å². The fourth-order valence-corrected chi connectivity index (χ4v) is 4.18. The predicted octanol–water partition coefficient (Wildman–Crippen LogP) is 2.88. The standard InChI is InChI=1S/C18H23N3O2S/c1-13-19-14(12-24-13)11-20-5-3-6-21(8-7-20)18(22)16-10-15(16)17-4-2-9-23-17/h2,4,9,12,15-16H,3,5-8,10-11H2,1H3. The summed E-state index contributed by atoms with van der Waals surface area (Å²) in [6, 6.07) is 3.89. The van der Waals surface area contributed by atoms with E-state index in [9.17, 15) is 4.79 Å². The van der Waals surface area contributed by atoms with Crippen LogP contribution in [0.15, 0.2) is 28.2 Å². The second-order valence-corrected chi connectivity index (χ2v) is 7.84. The Hall–Kier alpha value is -1.66. The minimum absolute atomic E-state index is 0.129. The van der Waals surface area contributed by atoms with Crippen LogP contribution in [0.3, 0.4) is 0 Å². The summed E-state index contributed by atoms with van der Waals surface area (Å²) < 4.78 is 5.45. The molecule has 2 aliphatic rings. The Morgan fingerprint density at radius 3 is 3.04 bits per heavy atom. The molecule has 0 N–H and O–H groups in total. The second-order valence-electron chi connectivity index (χ2n) is 6.78. The Morgan fingerprint density at radius 2 is 2.29 bits per heavy atom. The first-order valence-electron chi connectivity index (χ1n) is 8.66. The van der Waals surface area contributed by atoms with Gasteiger partial charge in [-0.15, -0.1) is 11.3 Å². The van der Waals surface area contributed by atoms with Crippen molar-refractivity contribution in [2.45, 2.75) is 32.2 Å². The Balaban J connectivity index is 1.31. The number of hydrogen-bond acceptors (Lipinski definition) is 5. The summed E-state index contributed by atoms with van der Waals surface area (Å²) in [7, 11) is 0. The van der Waals surface area contributed by atoms with E-state index in [0.29, 0.717) is 11.8 Å². The van der Waals surface area contributed by atoms with E-state index >= 15 is 0 Å². The van der Waals surface area contributed by atoms with Crippen LogP contribution in [0.2, 0.25) is 0 Å². The molecule has 1 aliphatic carbocycles. The summed E-state index contributed by atoms with van der Waals surface area (Å²) in [5, 5.41) is 3.26. The molecule has 3 heterocycles. The molecule has 2 aromatic heterocycles. The smallest absolute Gasteiger partial charge is 0.226 e. The highest BCUT2D eigenvalue weighted by atomic mass is 32.1. The van der Waals surface area contributed by atoms with Crippen molar-refractivity contribution in [3.63, 3.8) is 0 Å². The average molecular weight is 345 g/mol. The van der Waals surface area contributed by atoms with Crippen molar-refractivity contribution in [1.82, 2.24) is 14.8 Å². The molecule has 24 heavy (non-hydrogen) atoms. The minimum atomic E-state index is 0.129. The molecular formula is C18H23N3O2S. The van der Waals surface area contributed by atoms with Crippen LogP contribution in [-0.2, 0) is 11.3 Å². The van der Waals surface area contributed by atoms with Gasteiger partial charge in [0.05, 0.1) is 17.0 Å². The SMILES string of the molecule is Cc1nc(CN2CCCN(C(=O)C3CC3c3ccco3)CC2)cs1. The van der Waals surface area contributed by atoms with Crippen LogP contribution in [0.4, 0.5) is 0 Å². The van der Waals surface area contributed by atoms with Gasteiger partial charge in [0.1, 0.15) is 5.76 Å². The van der Waals surface area contributed by atoms with E-state index in [4.69, 9.17) is 4.42 Å². The highest BCUT2D eigenvalue weighted by Gasteiger charge is 2.47. The molecule has 2 unspecified atom stereocenters. The van der Waals surface area contributed by atoms with Crippen molar-refractivity contribution in [3.05, 3.63) is 40.2 Å². The van der Waals surface area contributed by atoms with Gasteiger partial charge in [0, 0.05) is 49.9 Å². The van der Waals surface area contributed by atoms with Crippen molar-refractivity contribution < 1.29 is 9.21 Å². The molecule has 2 aromatic rings. The van der Waals surface area contributed by atoms with Gasteiger partial charge >= 0.3 is 0 Å². The van der Waals surface area contributed by atoms with Gasteiger partial charge in [-0.1, -0.05) is 0 Å². The van der Waals surface area contributed by atoms with E-state index in [1.54, 1.807) is 17.6 Å². The van der Waals surface area contributed by atoms with Crippen molar-refractivity contribution in [3.8, 4) is 0 Å². The van der Waals surface area contributed by atoms with Crippen molar-refractivity contribution in [2.75, 3.05) is 26.2 Å². The van der Waals surface area contributed by atoms with Crippen LogP contribution in [-0.4, -0.2) is 46.9 Å². The number of furan rings is 1. The fourth-order valence-electron chi connectivity index (χ4n) is 3.58. The maximum absolute atomic E-state index is 12.7. The summed E-state index contributed by atoms with van der Waals surface area (Å²) >= 11 is 1.70. The lowest BCUT2D eigenvalue weighted by Gasteiger charge is -2.21. The number of hydrogen-bond donors (Lipinski definition) is 0. The summed E-state index contributed by atoms with van der Waals surface area (Å²) in [6.45, 7) is 6.59. The molecule has 0 radical (unpaired) electrons. The van der Waals surface area contributed by atoms with Gasteiger partial charge < -0.3 is 9.32 Å². The Morgan fingerprint density at radius 1 is 1.38 bits per heavy atom. The van der Waals surface area contributed by atoms with Gasteiger partial charge in [-0.25, -0.2) is 4.98 Å². The molecule has 2 atom stereocenters. The topological polar surface area (TPSA) is 49.6 Å². The summed E-state index contributed by atoms with van der Waals surface area (Å²) in [5.41, 5.74) is 1.15. The zero-order chi connectivity index (χ0) is 16.5. The first-order chi connectivity index (χ1) is 11.7. The number of rotatable bonds is 4. The molecule has 0 bridgehead atoms. The molecule has 1 aliphatic heterocycles. The molecule has 0 aromatic carbocycles. The van der Waals surface area contributed by atoms with Crippen LogP contribution in [0, 0.1) is 12.8 Å². The number of thiazole rings is 1. The van der Waals surface area contributed by atoms with E-state index in [1.165, 1.54) is 0 Å². The van der Waals surface area contributed by atoms with E-state index in [-0.39, 0.29) is 5.92 Å². The monoisotopic (exact) mass is 345 g/mol. The third-order valence-electron chi connectivity index (χ3n) is 4.97. The quantitative estimate of drug-likeness (QED) is 0.855. The number of carbonyl (C=O) groups is 1. The third kappa shape index (κ3) is 3.39.